The van der Waals surface area contributed by atoms with Gasteiger partial charge in [0.2, 0.25) is 0 Å². The molecule has 0 amide bonds. The number of nitrogens with zero attached hydrogens (tertiary/aromatic N) is 1. The van der Waals surface area contributed by atoms with Crippen molar-refractivity contribution in [3.63, 3.8) is 0 Å². The maximum absolute atomic E-state index is 11.2. The maximum Gasteiger partial charge on any atom is 0.288 e. The summed E-state index contributed by atoms with van der Waals surface area (Å²) in [5, 5.41) is 15.0. The van der Waals surface area contributed by atoms with Gasteiger partial charge in [-0.3, -0.25) is 10.1 Å². The van der Waals surface area contributed by atoms with E-state index in [1.54, 1.807) is 19.2 Å². The molecule has 0 spiro atoms. The lowest BCUT2D eigenvalue weighted by Gasteiger charge is -2.37. The molecule has 0 aromatic heterocycles. The summed E-state index contributed by atoms with van der Waals surface area (Å²) < 4.78 is 5.35. The molecule has 2 aromatic rings. The zero-order valence-corrected chi connectivity index (χ0v) is 14.4. The molecule has 0 saturated heterocycles. The third-order valence-electron chi connectivity index (χ3n) is 5.10. The van der Waals surface area contributed by atoms with Crippen molar-refractivity contribution < 1.29 is 9.66 Å². The summed E-state index contributed by atoms with van der Waals surface area (Å²) in [7, 11) is 1.66. The monoisotopic (exact) mass is 356 g/mol. The first-order valence-corrected chi connectivity index (χ1v) is 8.51. The maximum atomic E-state index is 11.2. The van der Waals surface area contributed by atoms with Gasteiger partial charge in [-0.15, -0.1) is 0 Å². The number of fused-ring (bicyclic) bond motifs is 3. The van der Waals surface area contributed by atoms with Gasteiger partial charge in [0.15, 0.2) is 0 Å². The average molecular weight is 357 g/mol. The Hall–Kier alpha value is -2.53. The second-order valence-corrected chi connectivity index (χ2v) is 6.80. The summed E-state index contributed by atoms with van der Waals surface area (Å²) in [5.41, 5.74) is 3.08. The van der Waals surface area contributed by atoms with Crippen molar-refractivity contribution in [2.45, 2.75) is 18.4 Å². The Kier molecular flexibility index (Phi) is 3.88. The van der Waals surface area contributed by atoms with E-state index in [-0.39, 0.29) is 22.7 Å². The van der Waals surface area contributed by atoms with Crippen LogP contribution in [0, 0.1) is 16.0 Å². The molecule has 0 fully saturated rings. The number of nitrogens with one attached hydrogen (secondary N) is 1. The molecule has 1 heterocycles. The van der Waals surface area contributed by atoms with Gasteiger partial charge >= 0.3 is 0 Å². The summed E-state index contributed by atoms with van der Waals surface area (Å²) in [6.07, 6.45) is 5.33. The van der Waals surface area contributed by atoms with Crippen molar-refractivity contribution in [2.75, 3.05) is 12.4 Å². The van der Waals surface area contributed by atoms with Crippen molar-refractivity contribution in [1.82, 2.24) is 0 Å². The fourth-order valence-corrected chi connectivity index (χ4v) is 4.08. The van der Waals surface area contributed by atoms with Crippen LogP contribution in [0.2, 0.25) is 5.02 Å². The standard InChI is InChI=1S/C19H17ClN2O3/c1-25-12-6-8-17-15(10-12)13-3-2-4-14(13)19(21-17)11-5-7-16(20)18(9-11)22(23)24/h2-3,5-10,13-14,19,21H,4H2,1H3/t13-,14-,19+/m1/s1. The SMILES string of the molecule is COc1ccc2c(c1)[C@@H]1C=CC[C@H]1[C@H](c1ccc(Cl)c([N+](=O)[O-])c1)N2. The molecule has 1 aliphatic heterocycles. The quantitative estimate of drug-likeness (QED) is 0.473. The van der Waals surface area contributed by atoms with E-state index in [1.807, 2.05) is 18.2 Å². The van der Waals surface area contributed by atoms with Crippen LogP contribution in [0.25, 0.3) is 0 Å². The van der Waals surface area contributed by atoms with E-state index in [2.05, 4.69) is 23.5 Å². The summed E-state index contributed by atoms with van der Waals surface area (Å²) in [5.74, 6) is 1.41. The lowest BCUT2D eigenvalue weighted by atomic mass is 9.77. The molecule has 0 radical (unpaired) electrons. The highest BCUT2D eigenvalue weighted by molar-refractivity contribution is 6.32. The Morgan fingerprint density at radius 3 is 2.88 bits per heavy atom. The fraction of sp³-hybridized carbons (Fsp3) is 0.263. The molecule has 1 aliphatic carbocycles. The molecular weight excluding hydrogens is 340 g/mol. The molecule has 2 aliphatic rings. The van der Waals surface area contributed by atoms with E-state index in [0.717, 1.165) is 23.4 Å². The first kappa shape index (κ1) is 16.0. The first-order chi connectivity index (χ1) is 12.1. The van der Waals surface area contributed by atoms with Crippen LogP contribution < -0.4 is 10.1 Å². The molecule has 2 aromatic carbocycles. The van der Waals surface area contributed by atoms with Crippen molar-refractivity contribution in [3.05, 3.63) is 74.8 Å². The van der Waals surface area contributed by atoms with E-state index in [4.69, 9.17) is 16.3 Å². The molecule has 0 saturated carbocycles. The van der Waals surface area contributed by atoms with Gasteiger partial charge in [-0.25, -0.2) is 0 Å². The van der Waals surface area contributed by atoms with Crippen LogP contribution in [0.3, 0.4) is 0 Å². The van der Waals surface area contributed by atoms with Gasteiger partial charge < -0.3 is 10.1 Å². The Morgan fingerprint density at radius 1 is 1.28 bits per heavy atom. The molecule has 25 heavy (non-hydrogen) atoms. The van der Waals surface area contributed by atoms with Gasteiger partial charge in [-0.1, -0.05) is 29.8 Å². The molecule has 1 N–H and O–H groups in total. The Balaban J connectivity index is 1.77. The van der Waals surface area contributed by atoms with Crippen LogP contribution in [-0.4, -0.2) is 12.0 Å². The smallest absolute Gasteiger partial charge is 0.288 e. The molecule has 0 unspecified atom stereocenters. The zero-order chi connectivity index (χ0) is 17.6. The molecule has 0 bridgehead atoms. The van der Waals surface area contributed by atoms with Crippen molar-refractivity contribution >= 4 is 23.0 Å². The number of benzene rings is 2. The highest BCUT2D eigenvalue weighted by atomic mass is 35.5. The second-order valence-electron chi connectivity index (χ2n) is 6.40. The van der Waals surface area contributed by atoms with Gasteiger partial charge in [0.25, 0.3) is 5.69 Å². The molecule has 4 rings (SSSR count). The predicted molar refractivity (Wildman–Crippen MR) is 97.5 cm³/mol. The van der Waals surface area contributed by atoms with E-state index < -0.39 is 4.92 Å². The molecule has 128 valence electrons. The van der Waals surface area contributed by atoms with Crippen molar-refractivity contribution in [1.29, 1.82) is 0 Å². The summed E-state index contributed by atoms with van der Waals surface area (Å²) in [6.45, 7) is 0. The van der Waals surface area contributed by atoms with Gasteiger partial charge in [0.1, 0.15) is 10.8 Å². The number of hydrogen-bond donors (Lipinski definition) is 1. The molecule has 3 atom stereocenters. The van der Waals surface area contributed by atoms with E-state index in [9.17, 15) is 10.1 Å². The molecule has 5 nitrogen and oxygen atoms in total. The number of nitro benzene ring substituents is 1. The largest absolute Gasteiger partial charge is 0.497 e. The molecular formula is C19H17ClN2O3. The first-order valence-electron chi connectivity index (χ1n) is 8.13. The Labute approximate surface area is 150 Å². The topological polar surface area (TPSA) is 64.4 Å². The minimum absolute atomic E-state index is 0.00291. The van der Waals surface area contributed by atoms with E-state index >= 15 is 0 Å². The summed E-state index contributed by atoms with van der Waals surface area (Å²) in [6, 6.07) is 11.1. The van der Waals surface area contributed by atoms with Gasteiger partial charge in [0.05, 0.1) is 18.1 Å². The number of methoxy groups -OCH3 is 1. The number of hydrogen-bond acceptors (Lipinski definition) is 4. The number of halogens is 1. The number of anilines is 1. The van der Waals surface area contributed by atoms with Crippen LogP contribution in [0.15, 0.2) is 48.6 Å². The Morgan fingerprint density at radius 2 is 2.12 bits per heavy atom. The number of allylic oxidation sites excluding steroid dienone is 2. The molecule has 6 heteroatoms. The lowest BCUT2D eigenvalue weighted by Crippen LogP contribution is -2.29. The third kappa shape index (κ3) is 2.65. The van der Waals surface area contributed by atoms with Gasteiger partial charge in [-0.2, -0.15) is 0 Å². The van der Waals surface area contributed by atoms with Crippen LogP contribution >= 0.6 is 11.6 Å². The van der Waals surface area contributed by atoms with Crippen LogP contribution in [0.1, 0.15) is 29.5 Å². The highest BCUT2D eigenvalue weighted by Gasteiger charge is 2.38. The lowest BCUT2D eigenvalue weighted by molar-refractivity contribution is -0.384. The van der Waals surface area contributed by atoms with Crippen LogP contribution in [0.5, 0.6) is 5.75 Å². The highest BCUT2D eigenvalue weighted by Crippen LogP contribution is 2.50. The van der Waals surface area contributed by atoms with Gasteiger partial charge in [0, 0.05) is 17.7 Å². The zero-order valence-electron chi connectivity index (χ0n) is 13.6. The van der Waals surface area contributed by atoms with E-state index in [1.165, 1.54) is 5.56 Å². The second kappa shape index (κ2) is 6.08. The average Bonchev–Trinajstić information content (AvgIpc) is 3.11. The number of nitro groups is 1. The van der Waals surface area contributed by atoms with Crippen molar-refractivity contribution in [3.8, 4) is 5.75 Å². The van der Waals surface area contributed by atoms with Crippen molar-refractivity contribution in [2.24, 2.45) is 5.92 Å². The number of rotatable bonds is 3. The minimum Gasteiger partial charge on any atom is -0.497 e. The van der Waals surface area contributed by atoms with Gasteiger partial charge in [-0.05, 0) is 47.7 Å². The minimum atomic E-state index is -0.433. The van der Waals surface area contributed by atoms with Crippen LogP contribution in [0.4, 0.5) is 11.4 Å². The van der Waals surface area contributed by atoms with E-state index in [0.29, 0.717) is 5.92 Å². The third-order valence-corrected chi connectivity index (χ3v) is 5.42. The summed E-state index contributed by atoms with van der Waals surface area (Å²) >= 11 is 5.97. The predicted octanol–water partition coefficient (Wildman–Crippen LogP) is 5.08. The summed E-state index contributed by atoms with van der Waals surface area (Å²) in [4.78, 5) is 10.8. The fourth-order valence-electron chi connectivity index (χ4n) is 3.89. The normalized spacial score (nSPS) is 23.5. The Bertz CT molecular complexity index is 881. The number of ether oxygens (including phenoxy) is 1. The van der Waals surface area contributed by atoms with Crippen LogP contribution in [-0.2, 0) is 0 Å².